The summed E-state index contributed by atoms with van der Waals surface area (Å²) in [4.78, 5) is 35.4. The van der Waals surface area contributed by atoms with Gasteiger partial charge in [0.1, 0.15) is 5.25 Å². The number of halogens is 7. The van der Waals surface area contributed by atoms with Crippen LogP contribution in [0.25, 0.3) is 0 Å². The van der Waals surface area contributed by atoms with E-state index in [-0.39, 0.29) is 11.1 Å². The van der Waals surface area contributed by atoms with Crippen LogP contribution in [0.15, 0.2) is 52.6 Å². The number of alkyl halides is 7. The molecule has 2 amide bonds. The number of nitrogens with one attached hydrogen (secondary N) is 2. The van der Waals surface area contributed by atoms with Crippen LogP contribution in [0.5, 0.6) is 0 Å². The van der Waals surface area contributed by atoms with E-state index in [0.717, 1.165) is 30.0 Å². The van der Waals surface area contributed by atoms with Crippen LogP contribution < -0.4 is 10.6 Å². The summed E-state index contributed by atoms with van der Waals surface area (Å²) in [6.07, 6.45) is -4.12. The fourth-order valence-corrected chi connectivity index (χ4v) is 4.29. The molecule has 1 aromatic heterocycles. The molecular formula is C18H12F7N5O2S2. The zero-order valence-electron chi connectivity index (χ0n) is 16.4. The lowest BCUT2D eigenvalue weighted by atomic mass is 10.2. The second kappa shape index (κ2) is 9.77. The first-order valence-corrected chi connectivity index (χ1v) is 10.7. The Bertz CT molecular complexity index is 1100. The largest absolute Gasteiger partial charge is 0.460 e. The molecule has 2 N–H and O–H groups in total. The number of carbonyl (C=O) groups is 2. The third kappa shape index (κ3) is 5.78. The average Bonchev–Trinajstić information content (AvgIpc) is 3.07. The van der Waals surface area contributed by atoms with Gasteiger partial charge >= 0.3 is 17.4 Å². The number of aromatic nitrogens is 2. The Balaban J connectivity index is 1.68. The van der Waals surface area contributed by atoms with Crippen LogP contribution in [0, 0.1) is 0 Å². The molecule has 182 valence electrons. The molecule has 1 saturated heterocycles. The molecular weight excluding hydrogens is 515 g/mol. The summed E-state index contributed by atoms with van der Waals surface area (Å²) in [6, 6.07) is 5.81. The van der Waals surface area contributed by atoms with Crippen molar-refractivity contribution in [3.8, 4) is 0 Å². The first-order valence-electron chi connectivity index (χ1n) is 9.03. The van der Waals surface area contributed by atoms with Crippen molar-refractivity contribution < 1.29 is 40.3 Å². The monoisotopic (exact) mass is 527 g/mol. The lowest BCUT2D eigenvalue weighted by Crippen LogP contribution is -2.49. The standard InChI is InChI=1S/C18H12F7N5O2S2/c19-16(20,17(21,22)23)18(24,25)34-10-5-2-1-4-9(10)28-12(31)8-11-13(32)29-15(33-11)30-14-26-6-3-7-27-14/h1-7,11H,8H2,(H,28,31)(H,26,27,29,30,32). The van der Waals surface area contributed by atoms with E-state index in [2.05, 4.69) is 25.6 Å². The number of nitrogens with zero attached hydrogens (tertiary/aromatic N) is 3. The molecule has 1 aliphatic heterocycles. The number of thioether (sulfide) groups is 2. The van der Waals surface area contributed by atoms with Gasteiger partial charge in [0.2, 0.25) is 11.8 Å². The predicted octanol–water partition coefficient (Wildman–Crippen LogP) is 4.61. The van der Waals surface area contributed by atoms with Gasteiger partial charge < -0.3 is 10.6 Å². The second-order valence-corrected chi connectivity index (χ2v) is 8.85. The van der Waals surface area contributed by atoms with Gasteiger partial charge in [-0.25, -0.2) is 9.97 Å². The molecule has 1 aromatic carbocycles. The highest BCUT2D eigenvalue weighted by Gasteiger charge is 2.73. The predicted molar refractivity (Wildman–Crippen MR) is 110 cm³/mol. The Morgan fingerprint density at radius 3 is 2.38 bits per heavy atom. The normalized spacial score (nSPS) is 18.1. The van der Waals surface area contributed by atoms with Crippen molar-refractivity contribution in [1.82, 2.24) is 15.3 Å². The number of amides is 2. The molecule has 1 fully saturated rings. The Kier molecular flexibility index (Phi) is 7.40. The van der Waals surface area contributed by atoms with Gasteiger partial charge in [-0.3, -0.25) is 9.59 Å². The minimum Gasteiger partial charge on any atom is -0.325 e. The highest BCUT2D eigenvalue weighted by molar-refractivity contribution is 8.15. The molecule has 3 rings (SSSR count). The molecule has 2 aromatic rings. The van der Waals surface area contributed by atoms with Crippen LogP contribution in [0.3, 0.4) is 0 Å². The lowest BCUT2D eigenvalue weighted by Gasteiger charge is -2.28. The van der Waals surface area contributed by atoms with Crippen molar-refractivity contribution in [1.29, 1.82) is 0 Å². The van der Waals surface area contributed by atoms with Crippen LogP contribution in [0.2, 0.25) is 0 Å². The van der Waals surface area contributed by atoms with Crippen molar-refractivity contribution >= 4 is 52.1 Å². The molecule has 2 heterocycles. The number of carbonyl (C=O) groups excluding carboxylic acids is 2. The molecule has 16 heteroatoms. The topological polar surface area (TPSA) is 96.3 Å². The number of para-hydroxylation sites is 1. The fourth-order valence-electron chi connectivity index (χ4n) is 2.43. The summed E-state index contributed by atoms with van der Waals surface area (Å²) in [7, 11) is 0. The van der Waals surface area contributed by atoms with E-state index in [1.807, 2.05) is 0 Å². The van der Waals surface area contributed by atoms with Crippen molar-refractivity contribution in [2.75, 3.05) is 5.32 Å². The number of hydrogen-bond donors (Lipinski definition) is 2. The summed E-state index contributed by atoms with van der Waals surface area (Å²) in [5.41, 5.74) is -0.426. The van der Waals surface area contributed by atoms with E-state index in [1.165, 1.54) is 18.5 Å². The highest BCUT2D eigenvalue weighted by atomic mass is 32.2. The molecule has 0 aliphatic carbocycles. The number of rotatable bonds is 7. The summed E-state index contributed by atoms with van der Waals surface area (Å²) >= 11 is -0.170. The number of benzene rings is 1. The fraction of sp³-hybridized carbons (Fsp3) is 0.278. The van der Waals surface area contributed by atoms with Gasteiger partial charge in [0.15, 0.2) is 5.17 Å². The van der Waals surface area contributed by atoms with Gasteiger partial charge in [0.25, 0.3) is 5.95 Å². The van der Waals surface area contributed by atoms with E-state index < -0.39 is 63.2 Å². The molecule has 1 aliphatic rings. The molecule has 0 saturated carbocycles. The van der Waals surface area contributed by atoms with Gasteiger partial charge in [-0.05, 0) is 30.0 Å². The number of amidine groups is 1. The molecule has 0 radical (unpaired) electrons. The van der Waals surface area contributed by atoms with Crippen molar-refractivity contribution in [3.63, 3.8) is 0 Å². The molecule has 0 spiro atoms. The third-order valence-electron chi connectivity index (χ3n) is 4.02. The van der Waals surface area contributed by atoms with Crippen molar-refractivity contribution in [2.45, 2.75) is 33.9 Å². The van der Waals surface area contributed by atoms with Gasteiger partial charge in [-0.1, -0.05) is 23.9 Å². The van der Waals surface area contributed by atoms with Crippen molar-refractivity contribution in [3.05, 3.63) is 42.7 Å². The maximum Gasteiger partial charge on any atom is 0.460 e. The minimum atomic E-state index is -6.49. The third-order valence-corrected chi connectivity index (χ3v) is 6.19. The molecule has 7 nitrogen and oxygen atoms in total. The maximum absolute atomic E-state index is 13.8. The van der Waals surface area contributed by atoms with Crippen LogP contribution in [0.1, 0.15) is 6.42 Å². The first-order chi connectivity index (χ1) is 15.8. The van der Waals surface area contributed by atoms with Crippen LogP contribution >= 0.6 is 23.5 Å². The second-order valence-electron chi connectivity index (χ2n) is 6.50. The summed E-state index contributed by atoms with van der Waals surface area (Å²) in [6.45, 7) is 0. The zero-order chi connectivity index (χ0) is 25.1. The van der Waals surface area contributed by atoms with Crippen LogP contribution in [0.4, 0.5) is 42.4 Å². The van der Waals surface area contributed by atoms with E-state index in [4.69, 9.17) is 0 Å². The molecule has 1 atom stereocenters. The summed E-state index contributed by atoms with van der Waals surface area (Å²) < 4.78 is 91.3. The Morgan fingerprint density at radius 2 is 1.74 bits per heavy atom. The highest BCUT2D eigenvalue weighted by Crippen LogP contribution is 2.54. The number of aliphatic imine (C=N–C) groups is 1. The maximum atomic E-state index is 13.8. The lowest BCUT2D eigenvalue weighted by molar-refractivity contribution is -0.330. The van der Waals surface area contributed by atoms with Gasteiger partial charge in [-0.15, -0.1) is 0 Å². The van der Waals surface area contributed by atoms with Crippen LogP contribution in [-0.2, 0) is 9.59 Å². The van der Waals surface area contributed by atoms with E-state index >= 15 is 0 Å². The average molecular weight is 527 g/mol. The van der Waals surface area contributed by atoms with Crippen molar-refractivity contribution in [2.24, 2.45) is 4.99 Å². The molecule has 0 bridgehead atoms. The van der Waals surface area contributed by atoms with Crippen LogP contribution in [-0.4, -0.2) is 49.6 Å². The Labute approximate surface area is 195 Å². The van der Waals surface area contributed by atoms with Gasteiger partial charge in [0.05, 0.1) is 5.69 Å². The Morgan fingerprint density at radius 1 is 1.09 bits per heavy atom. The number of hydrogen-bond acceptors (Lipinski definition) is 7. The first kappa shape index (κ1) is 25.7. The van der Waals surface area contributed by atoms with E-state index in [1.54, 1.807) is 6.07 Å². The smallest absolute Gasteiger partial charge is 0.325 e. The van der Waals surface area contributed by atoms with Gasteiger partial charge in [-0.2, -0.15) is 35.7 Å². The molecule has 34 heavy (non-hydrogen) atoms. The van der Waals surface area contributed by atoms with E-state index in [9.17, 15) is 40.3 Å². The summed E-state index contributed by atoms with van der Waals surface area (Å²) in [5, 5.41) is -1.85. The summed E-state index contributed by atoms with van der Waals surface area (Å²) in [5.74, 6) is -7.73. The SMILES string of the molecule is O=C(CC1S/C(=N\c2ncccn2)NC1=O)Nc1ccccc1SC(F)(F)C(F)(F)C(F)(F)F. The molecule has 1 unspecified atom stereocenters. The van der Waals surface area contributed by atoms with E-state index in [0.29, 0.717) is 0 Å². The zero-order valence-corrected chi connectivity index (χ0v) is 18.1. The Hall–Kier alpha value is -2.88. The quantitative estimate of drug-likeness (QED) is 0.404. The number of anilines is 1. The minimum absolute atomic E-state index is 0.0536. The van der Waals surface area contributed by atoms with Gasteiger partial charge in [0, 0.05) is 23.7 Å².